The molecule has 0 bridgehead atoms. The van der Waals surface area contributed by atoms with Crippen LogP contribution >= 0.6 is 11.6 Å². The number of anilines is 2. The van der Waals surface area contributed by atoms with Gasteiger partial charge in [-0.25, -0.2) is 9.97 Å². The van der Waals surface area contributed by atoms with Crippen molar-refractivity contribution in [3.63, 3.8) is 0 Å². The zero-order valence-electron chi connectivity index (χ0n) is 21.8. The van der Waals surface area contributed by atoms with Crippen molar-refractivity contribution in [2.75, 3.05) is 36.9 Å². The summed E-state index contributed by atoms with van der Waals surface area (Å²) in [4.78, 5) is 9.11. The highest BCUT2D eigenvalue weighted by Gasteiger charge is 2.49. The standard InChI is InChI=1S/C27H34ClF3N6O2/c1-25(38,27(29,30)31)16-34-18-5-7-19(8-6-18)36-24-13-20(21(28)14-33-24)22-3-2-4-23(37-22)35-17-26(15-32)9-11-39-12-10-26/h2-4,13-14,18-19,34,38H,5-12,16-17H2,1H3,(H,33,36)(H,35,37)/t18-,19-,25-/m0/s1. The Kier molecular flexibility index (Phi) is 9.21. The van der Waals surface area contributed by atoms with E-state index in [2.05, 4.69) is 27.0 Å². The van der Waals surface area contributed by atoms with E-state index in [0.29, 0.717) is 73.4 Å². The Labute approximate surface area is 231 Å². The van der Waals surface area contributed by atoms with Gasteiger partial charge < -0.3 is 25.8 Å². The Balaban J connectivity index is 1.34. The molecule has 0 spiro atoms. The number of ether oxygens (including phenoxy) is 1. The summed E-state index contributed by atoms with van der Waals surface area (Å²) in [6.45, 7) is 1.87. The summed E-state index contributed by atoms with van der Waals surface area (Å²) in [5, 5.41) is 29.4. The topological polar surface area (TPSA) is 115 Å². The van der Waals surface area contributed by atoms with Crippen molar-refractivity contribution in [2.24, 2.45) is 5.41 Å². The molecule has 0 radical (unpaired) electrons. The second-order valence-corrected chi connectivity index (χ2v) is 11.1. The lowest BCUT2D eigenvalue weighted by molar-refractivity contribution is -0.250. The van der Waals surface area contributed by atoms with E-state index in [-0.39, 0.29) is 12.1 Å². The average molecular weight is 567 g/mol. The molecule has 0 aromatic carbocycles. The van der Waals surface area contributed by atoms with E-state index in [1.807, 2.05) is 24.3 Å². The number of nitrogens with one attached hydrogen (secondary N) is 3. The van der Waals surface area contributed by atoms with E-state index in [9.17, 15) is 23.5 Å². The van der Waals surface area contributed by atoms with E-state index in [0.717, 1.165) is 19.8 Å². The fourth-order valence-electron chi connectivity index (χ4n) is 4.84. The fraction of sp³-hybridized carbons (Fsp3) is 0.593. The summed E-state index contributed by atoms with van der Waals surface area (Å²) in [7, 11) is 0. The van der Waals surface area contributed by atoms with Crippen LogP contribution in [0.5, 0.6) is 0 Å². The molecule has 4 N–H and O–H groups in total. The van der Waals surface area contributed by atoms with E-state index in [1.165, 1.54) is 0 Å². The fourth-order valence-corrected chi connectivity index (χ4v) is 5.04. The first-order chi connectivity index (χ1) is 18.5. The predicted octanol–water partition coefficient (Wildman–Crippen LogP) is 5.16. The summed E-state index contributed by atoms with van der Waals surface area (Å²) in [5.41, 5.74) is -1.86. The third kappa shape index (κ3) is 7.51. The smallest absolute Gasteiger partial charge is 0.381 e. The zero-order chi connectivity index (χ0) is 28.1. The number of rotatable bonds is 9. The Morgan fingerprint density at radius 3 is 2.51 bits per heavy atom. The van der Waals surface area contributed by atoms with Crippen LogP contribution in [0.2, 0.25) is 5.02 Å². The lowest BCUT2D eigenvalue weighted by atomic mass is 9.82. The van der Waals surface area contributed by atoms with Gasteiger partial charge in [0.1, 0.15) is 11.6 Å². The Hall–Kier alpha value is -2.65. The van der Waals surface area contributed by atoms with Gasteiger partial charge in [-0.05, 0) is 63.6 Å². The van der Waals surface area contributed by atoms with Gasteiger partial charge in [-0.3, -0.25) is 0 Å². The third-order valence-corrected chi connectivity index (χ3v) is 7.90. The number of hydrogen-bond donors (Lipinski definition) is 4. The summed E-state index contributed by atoms with van der Waals surface area (Å²) >= 11 is 6.48. The molecule has 0 amide bonds. The number of alkyl halides is 3. The molecular weight excluding hydrogens is 533 g/mol. The van der Waals surface area contributed by atoms with Crippen LogP contribution in [0, 0.1) is 16.7 Å². The molecule has 0 unspecified atom stereocenters. The number of aliphatic hydroxyl groups is 1. The molecule has 39 heavy (non-hydrogen) atoms. The molecule has 2 aliphatic rings. The molecule has 2 fully saturated rings. The maximum atomic E-state index is 12.9. The van der Waals surface area contributed by atoms with Crippen LogP contribution in [0.25, 0.3) is 11.3 Å². The zero-order valence-corrected chi connectivity index (χ0v) is 22.6. The average Bonchev–Trinajstić information content (AvgIpc) is 2.93. The van der Waals surface area contributed by atoms with Crippen molar-refractivity contribution in [3.05, 3.63) is 35.5 Å². The molecule has 1 atom stereocenters. The number of hydrogen-bond acceptors (Lipinski definition) is 8. The van der Waals surface area contributed by atoms with Crippen molar-refractivity contribution < 1.29 is 23.0 Å². The largest absolute Gasteiger partial charge is 0.418 e. The molecule has 1 saturated heterocycles. The minimum absolute atomic E-state index is 0.0913. The van der Waals surface area contributed by atoms with Crippen molar-refractivity contribution in [1.29, 1.82) is 5.26 Å². The molecular formula is C27H34ClF3N6O2. The molecule has 1 saturated carbocycles. The lowest BCUT2D eigenvalue weighted by Crippen LogP contribution is -2.52. The normalized spacial score (nSPS) is 22.9. The highest BCUT2D eigenvalue weighted by Crippen LogP contribution is 2.33. The van der Waals surface area contributed by atoms with Crippen LogP contribution in [-0.2, 0) is 4.74 Å². The molecule has 8 nitrogen and oxygen atoms in total. The lowest BCUT2D eigenvalue weighted by Gasteiger charge is -2.33. The molecule has 1 aliphatic heterocycles. The van der Waals surface area contributed by atoms with Gasteiger partial charge in [-0.15, -0.1) is 0 Å². The van der Waals surface area contributed by atoms with Gasteiger partial charge in [-0.2, -0.15) is 18.4 Å². The quantitative estimate of drug-likeness (QED) is 0.329. The van der Waals surface area contributed by atoms with Crippen LogP contribution in [0.15, 0.2) is 30.5 Å². The van der Waals surface area contributed by atoms with Gasteiger partial charge in [0, 0.05) is 50.1 Å². The SMILES string of the molecule is C[C@](O)(CN[C@H]1CC[C@H](Nc2cc(-c3cccc(NCC4(C#N)CCOCC4)n3)c(Cl)cn2)CC1)C(F)(F)F. The second-order valence-electron chi connectivity index (χ2n) is 10.7. The van der Waals surface area contributed by atoms with Crippen molar-refractivity contribution in [2.45, 2.75) is 69.3 Å². The second kappa shape index (κ2) is 12.3. The minimum atomic E-state index is -4.68. The predicted molar refractivity (Wildman–Crippen MR) is 143 cm³/mol. The van der Waals surface area contributed by atoms with Crippen molar-refractivity contribution >= 4 is 23.2 Å². The number of nitriles is 1. The number of aromatic nitrogens is 2. The van der Waals surface area contributed by atoms with E-state index < -0.39 is 23.7 Å². The summed E-state index contributed by atoms with van der Waals surface area (Å²) in [6.07, 6.45) is 1.09. The Bertz CT molecular complexity index is 1160. The molecule has 4 rings (SSSR count). The van der Waals surface area contributed by atoms with E-state index >= 15 is 0 Å². The maximum Gasteiger partial charge on any atom is 0.418 e. The maximum absolute atomic E-state index is 12.9. The first-order valence-electron chi connectivity index (χ1n) is 13.2. The van der Waals surface area contributed by atoms with Gasteiger partial charge in [0.2, 0.25) is 0 Å². The molecule has 2 aromatic heterocycles. The van der Waals surface area contributed by atoms with E-state index in [1.54, 1.807) is 6.20 Å². The molecule has 1 aliphatic carbocycles. The monoisotopic (exact) mass is 566 g/mol. The number of halogens is 4. The van der Waals surface area contributed by atoms with Crippen LogP contribution in [0.1, 0.15) is 45.4 Å². The van der Waals surface area contributed by atoms with Gasteiger partial charge in [-0.1, -0.05) is 17.7 Å². The van der Waals surface area contributed by atoms with Gasteiger partial charge in [0.25, 0.3) is 0 Å². The molecule has 2 aromatic rings. The van der Waals surface area contributed by atoms with E-state index in [4.69, 9.17) is 21.3 Å². The van der Waals surface area contributed by atoms with Gasteiger partial charge in [0.15, 0.2) is 5.60 Å². The van der Waals surface area contributed by atoms with Gasteiger partial charge >= 0.3 is 6.18 Å². The highest BCUT2D eigenvalue weighted by molar-refractivity contribution is 6.33. The molecule has 212 valence electrons. The first-order valence-corrected chi connectivity index (χ1v) is 13.5. The number of pyridine rings is 2. The van der Waals surface area contributed by atoms with Crippen LogP contribution in [0.4, 0.5) is 24.8 Å². The first kappa shape index (κ1) is 29.3. The Morgan fingerprint density at radius 2 is 1.85 bits per heavy atom. The summed E-state index contributed by atoms with van der Waals surface area (Å²) in [6, 6.07) is 9.89. The third-order valence-electron chi connectivity index (χ3n) is 7.60. The minimum Gasteiger partial charge on any atom is -0.381 e. The van der Waals surface area contributed by atoms with Crippen molar-refractivity contribution in [1.82, 2.24) is 15.3 Å². The summed E-state index contributed by atoms with van der Waals surface area (Å²) in [5.74, 6) is 1.28. The highest BCUT2D eigenvalue weighted by atomic mass is 35.5. The van der Waals surface area contributed by atoms with Crippen LogP contribution in [-0.4, -0.2) is 65.2 Å². The number of nitrogens with zero attached hydrogens (tertiary/aromatic N) is 3. The Morgan fingerprint density at radius 1 is 1.15 bits per heavy atom. The van der Waals surface area contributed by atoms with Gasteiger partial charge in [0.05, 0.1) is 22.2 Å². The summed E-state index contributed by atoms with van der Waals surface area (Å²) < 4.78 is 44.1. The van der Waals surface area contributed by atoms with Crippen LogP contribution in [0.3, 0.4) is 0 Å². The molecule has 3 heterocycles. The van der Waals surface area contributed by atoms with Crippen molar-refractivity contribution in [3.8, 4) is 17.3 Å². The molecule has 12 heteroatoms. The van der Waals surface area contributed by atoms with Crippen LogP contribution < -0.4 is 16.0 Å².